The van der Waals surface area contributed by atoms with E-state index in [1.54, 1.807) is 12.2 Å². The molecule has 1 aromatic rings. The van der Waals surface area contributed by atoms with Crippen LogP contribution in [0.25, 0.3) is 0 Å². The molecule has 0 aromatic heterocycles. The smallest absolute Gasteiger partial charge is 0.383 e. The minimum Gasteiger partial charge on any atom is -0.478 e. The van der Waals surface area contributed by atoms with Gasteiger partial charge in [0.25, 0.3) is 0 Å². The fourth-order valence-electron chi connectivity index (χ4n) is 1.60. The first-order chi connectivity index (χ1) is 9.07. The Morgan fingerprint density at radius 3 is 2.25 bits per heavy atom. The molecule has 0 saturated heterocycles. The number of rotatable bonds is 4. The van der Waals surface area contributed by atoms with E-state index in [0.717, 1.165) is 6.07 Å². The summed E-state index contributed by atoms with van der Waals surface area (Å²) < 4.78 is 49.8. The number of aryl methyl sites for hydroxylation is 2. The number of benzene rings is 1. The van der Waals surface area contributed by atoms with Crippen LogP contribution in [0.15, 0.2) is 12.1 Å². The van der Waals surface area contributed by atoms with E-state index >= 15 is 0 Å². The van der Waals surface area contributed by atoms with Crippen molar-refractivity contribution in [2.24, 2.45) is 0 Å². The second-order valence-electron chi connectivity index (χ2n) is 4.19. The third-order valence-corrected chi connectivity index (χ3v) is 2.53. The normalized spacial score (nSPS) is 11.6. The van der Waals surface area contributed by atoms with Gasteiger partial charge < -0.3 is 10.4 Å². The number of hydrogen-bond acceptors (Lipinski definition) is 2. The predicted molar refractivity (Wildman–Crippen MR) is 62.5 cm³/mol. The van der Waals surface area contributed by atoms with Gasteiger partial charge in [0.05, 0.1) is 11.3 Å². The van der Waals surface area contributed by atoms with Crippen LogP contribution in [-0.2, 0) is 4.79 Å². The van der Waals surface area contributed by atoms with E-state index in [9.17, 15) is 27.2 Å². The number of carboxylic acid groups (broad SMARTS) is 1. The molecule has 0 unspecified atom stereocenters. The molecule has 0 bridgehead atoms. The van der Waals surface area contributed by atoms with Gasteiger partial charge >= 0.3 is 24.2 Å². The fourth-order valence-corrected chi connectivity index (χ4v) is 1.60. The highest BCUT2D eigenvalue weighted by molar-refractivity contribution is 6.03. The van der Waals surface area contributed by atoms with Crippen molar-refractivity contribution in [2.45, 2.75) is 26.2 Å². The highest BCUT2D eigenvalue weighted by atomic mass is 19.3. The molecule has 0 radical (unpaired) electrons. The van der Waals surface area contributed by atoms with Crippen molar-refractivity contribution >= 4 is 17.6 Å². The number of carbonyl (C=O) groups is 2. The molecule has 0 saturated carbocycles. The zero-order chi connectivity index (χ0) is 15.7. The van der Waals surface area contributed by atoms with Crippen molar-refractivity contribution in [3.05, 3.63) is 28.8 Å². The van der Waals surface area contributed by atoms with E-state index in [2.05, 4.69) is 0 Å². The highest BCUT2D eigenvalue weighted by Crippen LogP contribution is 2.28. The van der Waals surface area contributed by atoms with Crippen LogP contribution >= 0.6 is 0 Å². The summed E-state index contributed by atoms with van der Waals surface area (Å²) in [6.45, 7) is 2.94. The molecule has 0 atom stereocenters. The van der Waals surface area contributed by atoms with Gasteiger partial charge in [0.2, 0.25) is 0 Å². The Balaban J connectivity index is 3.22. The maximum absolute atomic E-state index is 12.9. The zero-order valence-corrected chi connectivity index (χ0v) is 10.5. The van der Waals surface area contributed by atoms with Gasteiger partial charge in [-0.15, -0.1) is 0 Å². The standard InChI is InChI=1S/C12H11F4NO3/c1-5-3-6(2)8(7(4-5)9(18)19)17-11(20)12(15,16)10(13)14/h3-4,10H,1-2H3,(H,17,20)(H,18,19). The molecule has 8 heteroatoms. The average Bonchev–Trinajstić information content (AvgIpc) is 2.31. The van der Waals surface area contributed by atoms with E-state index in [1.807, 2.05) is 0 Å². The van der Waals surface area contributed by atoms with Crippen LogP contribution in [0.1, 0.15) is 21.5 Å². The Bertz CT molecular complexity index is 558. The largest absolute Gasteiger partial charge is 0.478 e. The van der Waals surface area contributed by atoms with E-state index < -0.39 is 35.5 Å². The quantitative estimate of drug-likeness (QED) is 0.839. The molecule has 0 aliphatic heterocycles. The first kappa shape index (κ1) is 15.9. The Labute approximate surface area is 111 Å². The molecule has 0 aliphatic rings. The van der Waals surface area contributed by atoms with Crippen LogP contribution in [0.5, 0.6) is 0 Å². The molecule has 1 rings (SSSR count). The lowest BCUT2D eigenvalue weighted by atomic mass is 10.0. The Hall–Kier alpha value is -2.12. The number of hydrogen-bond donors (Lipinski definition) is 2. The fraction of sp³-hybridized carbons (Fsp3) is 0.333. The van der Waals surface area contributed by atoms with Gasteiger partial charge in [-0.2, -0.15) is 8.78 Å². The Morgan fingerprint density at radius 2 is 1.80 bits per heavy atom. The number of carboxylic acids is 1. The lowest BCUT2D eigenvalue weighted by Gasteiger charge is -2.17. The van der Waals surface area contributed by atoms with Crippen molar-refractivity contribution in [1.82, 2.24) is 0 Å². The number of aromatic carboxylic acids is 1. The molecule has 0 heterocycles. The summed E-state index contributed by atoms with van der Waals surface area (Å²) in [5.41, 5.74) is -0.159. The number of anilines is 1. The van der Waals surface area contributed by atoms with Gasteiger partial charge in [-0.25, -0.2) is 13.6 Å². The summed E-state index contributed by atoms with van der Waals surface area (Å²) in [6, 6.07) is 2.58. The Morgan fingerprint density at radius 1 is 1.25 bits per heavy atom. The first-order valence-corrected chi connectivity index (χ1v) is 5.39. The van der Waals surface area contributed by atoms with Gasteiger partial charge in [-0.05, 0) is 31.0 Å². The number of alkyl halides is 4. The maximum atomic E-state index is 12.9. The minimum absolute atomic E-state index is 0.181. The summed E-state index contributed by atoms with van der Waals surface area (Å²) in [7, 11) is 0. The molecule has 0 fully saturated rings. The summed E-state index contributed by atoms with van der Waals surface area (Å²) in [5, 5.41) is 10.5. The van der Waals surface area contributed by atoms with Crippen LogP contribution in [0.3, 0.4) is 0 Å². The monoisotopic (exact) mass is 293 g/mol. The van der Waals surface area contributed by atoms with Crippen molar-refractivity contribution in [3.8, 4) is 0 Å². The van der Waals surface area contributed by atoms with Crippen molar-refractivity contribution in [3.63, 3.8) is 0 Å². The third-order valence-electron chi connectivity index (χ3n) is 2.53. The maximum Gasteiger partial charge on any atom is 0.383 e. The SMILES string of the molecule is Cc1cc(C)c(NC(=O)C(F)(F)C(F)F)c(C(=O)O)c1. The van der Waals surface area contributed by atoms with Gasteiger partial charge in [0, 0.05) is 0 Å². The van der Waals surface area contributed by atoms with Crippen LogP contribution in [0.2, 0.25) is 0 Å². The molecule has 4 nitrogen and oxygen atoms in total. The Kier molecular flexibility index (Phi) is 4.36. The minimum atomic E-state index is -4.90. The summed E-state index contributed by atoms with van der Waals surface area (Å²) >= 11 is 0. The van der Waals surface area contributed by atoms with Crippen LogP contribution in [0, 0.1) is 13.8 Å². The number of halogens is 4. The van der Waals surface area contributed by atoms with Crippen LogP contribution in [0.4, 0.5) is 23.2 Å². The molecule has 0 spiro atoms. The van der Waals surface area contributed by atoms with Crippen molar-refractivity contribution in [2.75, 3.05) is 5.32 Å². The summed E-state index contributed by atoms with van der Waals surface area (Å²) in [6.07, 6.45) is -4.18. The van der Waals surface area contributed by atoms with Crippen LogP contribution in [-0.4, -0.2) is 29.3 Å². The lowest BCUT2D eigenvalue weighted by molar-refractivity contribution is -0.163. The van der Waals surface area contributed by atoms with E-state index in [4.69, 9.17) is 5.11 Å². The molecule has 0 aliphatic carbocycles. The molecule has 20 heavy (non-hydrogen) atoms. The number of nitrogens with one attached hydrogen (secondary N) is 1. The molecule has 1 aromatic carbocycles. The van der Waals surface area contributed by atoms with E-state index in [1.165, 1.54) is 13.0 Å². The average molecular weight is 293 g/mol. The molecule has 1 amide bonds. The van der Waals surface area contributed by atoms with Crippen molar-refractivity contribution in [1.29, 1.82) is 0 Å². The van der Waals surface area contributed by atoms with Gasteiger partial charge in [-0.1, -0.05) is 6.07 Å². The molecular formula is C12H11F4NO3. The summed E-state index contributed by atoms with van der Waals surface area (Å²) in [4.78, 5) is 22.2. The highest BCUT2D eigenvalue weighted by Gasteiger charge is 2.49. The second kappa shape index (κ2) is 5.48. The molecule has 2 N–H and O–H groups in total. The number of amides is 1. The third kappa shape index (κ3) is 3.06. The lowest BCUT2D eigenvalue weighted by Crippen LogP contribution is -2.41. The van der Waals surface area contributed by atoms with E-state index in [0.29, 0.717) is 5.56 Å². The second-order valence-corrected chi connectivity index (χ2v) is 4.19. The summed E-state index contributed by atoms with van der Waals surface area (Å²) in [5.74, 6) is -8.61. The van der Waals surface area contributed by atoms with Gasteiger partial charge in [0.1, 0.15) is 0 Å². The van der Waals surface area contributed by atoms with Gasteiger partial charge in [-0.3, -0.25) is 4.79 Å². The van der Waals surface area contributed by atoms with E-state index in [-0.39, 0.29) is 5.56 Å². The zero-order valence-electron chi connectivity index (χ0n) is 10.5. The first-order valence-electron chi connectivity index (χ1n) is 5.39. The van der Waals surface area contributed by atoms with Crippen LogP contribution < -0.4 is 5.32 Å². The number of carbonyl (C=O) groups excluding carboxylic acids is 1. The topological polar surface area (TPSA) is 66.4 Å². The predicted octanol–water partition coefficient (Wildman–Crippen LogP) is 2.84. The molecular weight excluding hydrogens is 282 g/mol. The van der Waals surface area contributed by atoms with Gasteiger partial charge in [0.15, 0.2) is 0 Å². The van der Waals surface area contributed by atoms with Crippen molar-refractivity contribution < 1.29 is 32.3 Å². The molecule has 110 valence electrons.